The fraction of sp³-hybridized carbons (Fsp3) is 0.0435. The Bertz CT molecular complexity index is 1220. The van der Waals surface area contributed by atoms with Gasteiger partial charge in [0.1, 0.15) is 28.9 Å². The van der Waals surface area contributed by atoms with Gasteiger partial charge < -0.3 is 10.1 Å². The normalized spacial score (nSPS) is 13.7. The van der Waals surface area contributed by atoms with Crippen molar-refractivity contribution in [2.45, 2.75) is 0 Å². The van der Waals surface area contributed by atoms with E-state index in [9.17, 15) is 22.8 Å². The van der Waals surface area contributed by atoms with Crippen molar-refractivity contribution >= 4 is 28.8 Å². The zero-order valence-electron chi connectivity index (χ0n) is 16.2. The Kier molecular flexibility index (Phi) is 5.21. The lowest BCUT2D eigenvalue weighted by molar-refractivity contribution is -0.120. The summed E-state index contributed by atoms with van der Waals surface area (Å²) in [6.45, 7) is 0. The molecule has 0 fully saturated rings. The molecule has 1 N–H and O–H groups in total. The van der Waals surface area contributed by atoms with Gasteiger partial charge in [-0.2, -0.15) is 0 Å². The Morgan fingerprint density at radius 2 is 1.55 bits per heavy atom. The van der Waals surface area contributed by atoms with E-state index in [4.69, 9.17) is 4.74 Å². The molecule has 0 bridgehead atoms. The largest absolute Gasteiger partial charge is 0.497 e. The molecule has 4 rings (SSSR count). The Morgan fingerprint density at radius 1 is 0.839 bits per heavy atom. The first-order chi connectivity index (χ1) is 14.9. The minimum Gasteiger partial charge on any atom is -0.497 e. The van der Waals surface area contributed by atoms with Crippen LogP contribution in [0.15, 0.2) is 72.4 Å². The molecule has 3 aromatic rings. The molecule has 31 heavy (non-hydrogen) atoms. The second-order valence-corrected chi connectivity index (χ2v) is 6.66. The van der Waals surface area contributed by atoms with E-state index in [2.05, 4.69) is 5.32 Å². The smallest absolute Gasteiger partial charge is 0.282 e. The van der Waals surface area contributed by atoms with Crippen LogP contribution in [-0.2, 0) is 9.59 Å². The molecule has 3 aromatic carbocycles. The number of imide groups is 1. The van der Waals surface area contributed by atoms with Gasteiger partial charge in [0.2, 0.25) is 0 Å². The van der Waals surface area contributed by atoms with E-state index in [-0.39, 0.29) is 17.0 Å². The van der Waals surface area contributed by atoms with Gasteiger partial charge in [0.25, 0.3) is 11.8 Å². The minimum absolute atomic E-state index is 0.0411. The van der Waals surface area contributed by atoms with Crippen LogP contribution in [0.5, 0.6) is 5.75 Å². The van der Waals surface area contributed by atoms with Crippen molar-refractivity contribution in [1.29, 1.82) is 0 Å². The highest BCUT2D eigenvalue weighted by atomic mass is 19.1. The number of methoxy groups -OCH3 is 1. The maximum Gasteiger partial charge on any atom is 0.282 e. The van der Waals surface area contributed by atoms with Crippen LogP contribution in [0.25, 0.3) is 5.57 Å². The number of halogens is 3. The highest BCUT2D eigenvalue weighted by molar-refractivity contribution is 6.46. The van der Waals surface area contributed by atoms with Gasteiger partial charge in [-0.15, -0.1) is 0 Å². The highest BCUT2D eigenvalue weighted by Crippen LogP contribution is 2.35. The number of carbonyl (C=O) groups is 2. The van der Waals surface area contributed by atoms with E-state index in [0.29, 0.717) is 22.3 Å². The van der Waals surface area contributed by atoms with Crippen molar-refractivity contribution in [2.75, 3.05) is 17.3 Å². The SMILES string of the molecule is COc1ccc(C2=C(Nc3cccc(F)c3)C(=O)N(c3ccc(F)cc3F)C2=O)cc1. The van der Waals surface area contributed by atoms with Crippen LogP contribution in [0.2, 0.25) is 0 Å². The van der Waals surface area contributed by atoms with E-state index in [1.807, 2.05) is 0 Å². The van der Waals surface area contributed by atoms with Crippen LogP contribution in [-0.4, -0.2) is 18.9 Å². The maximum atomic E-state index is 14.4. The number of carbonyl (C=O) groups excluding carboxylic acids is 2. The van der Waals surface area contributed by atoms with Crippen molar-refractivity contribution in [1.82, 2.24) is 0 Å². The summed E-state index contributed by atoms with van der Waals surface area (Å²) in [5.74, 6) is -3.59. The first-order valence-electron chi connectivity index (χ1n) is 9.14. The zero-order chi connectivity index (χ0) is 22.1. The Balaban J connectivity index is 1.83. The second-order valence-electron chi connectivity index (χ2n) is 6.66. The molecule has 2 amide bonds. The predicted molar refractivity (Wildman–Crippen MR) is 109 cm³/mol. The molecule has 0 aliphatic carbocycles. The van der Waals surface area contributed by atoms with Crippen LogP contribution in [0.4, 0.5) is 24.5 Å². The van der Waals surface area contributed by atoms with Gasteiger partial charge >= 0.3 is 0 Å². The second kappa shape index (κ2) is 7.98. The molecule has 5 nitrogen and oxygen atoms in total. The summed E-state index contributed by atoms with van der Waals surface area (Å²) in [5.41, 5.74) is -0.00440. The number of anilines is 2. The van der Waals surface area contributed by atoms with Gasteiger partial charge in [-0.1, -0.05) is 18.2 Å². The Hall–Kier alpha value is -4.07. The molecule has 1 heterocycles. The van der Waals surface area contributed by atoms with E-state index in [1.54, 1.807) is 24.3 Å². The zero-order valence-corrected chi connectivity index (χ0v) is 16.2. The highest BCUT2D eigenvalue weighted by Gasteiger charge is 2.41. The summed E-state index contributed by atoms with van der Waals surface area (Å²) in [6, 6.07) is 14.2. The average Bonchev–Trinajstić information content (AvgIpc) is 2.98. The molecule has 0 unspecified atom stereocenters. The lowest BCUT2D eigenvalue weighted by Gasteiger charge is -2.16. The summed E-state index contributed by atoms with van der Waals surface area (Å²) in [6.07, 6.45) is 0. The summed E-state index contributed by atoms with van der Waals surface area (Å²) >= 11 is 0. The summed E-state index contributed by atoms with van der Waals surface area (Å²) in [4.78, 5) is 27.0. The number of rotatable bonds is 5. The third kappa shape index (κ3) is 3.75. The number of nitrogens with one attached hydrogen (secondary N) is 1. The third-order valence-electron chi connectivity index (χ3n) is 4.71. The van der Waals surface area contributed by atoms with Gasteiger partial charge in [0.15, 0.2) is 0 Å². The molecule has 0 radical (unpaired) electrons. The molecule has 8 heteroatoms. The van der Waals surface area contributed by atoms with E-state index < -0.39 is 35.0 Å². The predicted octanol–water partition coefficient (Wildman–Crippen LogP) is 4.51. The van der Waals surface area contributed by atoms with Crippen molar-refractivity contribution in [3.63, 3.8) is 0 Å². The van der Waals surface area contributed by atoms with Crippen LogP contribution in [0.3, 0.4) is 0 Å². The van der Waals surface area contributed by atoms with E-state index in [0.717, 1.165) is 18.2 Å². The van der Waals surface area contributed by atoms with Crippen molar-refractivity contribution in [3.8, 4) is 5.75 Å². The molecular weight excluding hydrogens is 409 g/mol. The van der Waals surface area contributed by atoms with E-state index >= 15 is 0 Å². The minimum atomic E-state index is -1.07. The third-order valence-corrected chi connectivity index (χ3v) is 4.71. The first-order valence-corrected chi connectivity index (χ1v) is 9.14. The number of amides is 2. The van der Waals surface area contributed by atoms with Gasteiger partial charge in [0, 0.05) is 11.8 Å². The summed E-state index contributed by atoms with van der Waals surface area (Å²) in [7, 11) is 1.48. The average molecular weight is 424 g/mol. The maximum absolute atomic E-state index is 14.4. The molecule has 0 saturated heterocycles. The number of benzene rings is 3. The molecule has 0 atom stereocenters. The number of nitrogens with zero attached hydrogens (tertiary/aromatic N) is 1. The molecule has 1 aliphatic rings. The molecule has 156 valence electrons. The Morgan fingerprint density at radius 3 is 2.19 bits per heavy atom. The monoisotopic (exact) mass is 424 g/mol. The summed E-state index contributed by atoms with van der Waals surface area (Å²) in [5, 5.41) is 2.77. The molecular formula is C23H15F3N2O3. The number of ether oxygens (including phenoxy) is 1. The molecule has 0 saturated carbocycles. The van der Waals surface area contributed by atoms with Gasteiger partial charge in [-0.05, 0) is 48.0 Å². The Labute approximate surface area is 175 Å². The standard InChI is InChI=1S/C23H15F3N2O3/c1-31-17-8-5-13(6-9-17)20-21(27-16-4-2-3-14(24)11-16)23(30)28(22(20)29)19-10-7-15(25)12-18(19)26/h2-12,27H,1H3. The van der Waals surface area contributed by atoms with Crippen LogP contribution >= 0.6 is 0 Å². The first kappa shape index (κ1) is 20.2. The number of hydrogen-bond acceptors (Lipinski definition) is 4. The van der Waals surface area contributed by atoms with Gasteiger partial charge in [0.05, 0.1) is 18.4 Å². The van der Waals surface area contributed by atoms with Crippen molar-refractivity contribution in [3.05, 3.63) is 95.4 Å². The molecule has 0 spiro atoms. The lowest BCUT2D eigenvalue weighted by Crippen LogP contribution is -2.33. The van der Waals surface area contributed by atoms with Crippen LogP contribution < -0.4 is 15.0 Å². The fourth-order valence-corrected chi connectivity index (χ4v) is 3.26. The lowest BCUT2D eigenvalue weighted by atomic mass is 10.0. The number of hydrogen-bond donors (Lipinski definition) is 1. The topological polar surface area (TPSA) is 58.6 Å². The van der Waals surface area contributed by atoms with Gasteiger partial charge in [-0.25, -0.2) is 18.1 Å². The van der Waals surface area contributed by atoms with E-state index in [1.165, 1.54) is 25.3 Å². The van der Waals surface area contributed by atoms with Crippen LogP contribution in [0.1, 0.15) is 5.56 Å². The summed E-state index contributed by atoms with van der Waals surface area (Å²) < 4.78 is 46.5. The molecule has 1 aliphatic heterocycles. The molecule has 0 aromatic heterocycles. The quantitative estimate of drug-likeness (QED) is 0.613. The van der Waals surface area contributed by atoms with Crippen molar-refractivity contribution < 1.29 is 27.5 Å². The van der Waals surface area contributed by atoms with Crippen molar-refractivity contribution in [2.24, 2.45) is 0 Å². The van der Waals surface area contributed by atoms with Crippen LogP contribution in [0, 0.1) is 17.5 Å². The van der Waals surface area contributed by atoms with Gasteiger partial charge in [-0.3, -0.25) is 9.59 Å². The fourth-order valence-electron chi connectivity index (χ4n) is 3.26.